The zero-order chi connectivity index (χ0) is 18.0. The summed E-state index contributed by atoms with van der Waals surface area (Å²) in [6.45, 7) is 7.35. The van der Waals surface area contributed by atoms with E-state index in [1.807, 2.05) is 18.2 Å². The number of benzene rings is 1. The fourth-order valence-corrected chi connectivity index (χ4v) is 3.76. The fourth-order valence-electron chi connectivity index (χ4n) is 2.70. The minimum absolute atomic E-state index is 0.0923. The van der Waals surface area contributed by atoms with E-state index in [1.54, 1.807) is 12.1 Å². The van der Waals surface area contributed by atoms with Crippen LogP contribution >= 0.6 is 11.8 Å². The molecule has 25 heavy (non-hydrogen) atoms. The number of nitrogens with two attached hydrogens (primary N) is 2. The molecule has 1 unspecified atom stereocenters. The van der Waals surface area contributed by atoms with Crippen LogP contribution in [0, 0.1) is 17.9 Å². The molecule has 1 aliphatic rings. The van der Waals surface area contributed by atoms with Crippen LogP contribution in [0.5, 0.6) is 0 Å². The van der Waals surface area contributed by atoms with Crippen molar-refractivity contribution < 1.29 is 4.79 Å². The van der Waals surface area contributed by atoms with Crippen molar-refractivity contribution in [1.82, 2.24) is 4.98 Å². The second-order valence-electron chi connectivity index (χ2n) is 5.75. The molecular weight excluding hydrogens is 334 g/mol. The first-order valence-electron chi connectivity index (χ1n) is 7.68. The molecule has 124 valence electrons. The Hall–Kier alpha value is -3.03. The lowest BCUT2D eigenvalue weighted by atomic mass is 10.0. The summed E-state index contributed by atoms with van der Waals surface area (Å²) in [5.74, 6) is -0.274. The van der Waals surface area contributed by atoms with Crippen LogP contribution in [0.4, 0.5) is 11.5 Å². The van der Waals surface area contributed by atoms with E-state index < -0.39 is 11.2 Å². The number of primary amides is 1. The molecular formula is C18H15N5OS. The second kappa shape index (κ2) is 6.84. The monoisotopic (exact) mass is 349 g/mol. The van der Waals surface area contributed by atoms with Crippen LogP contribution < -0.4 is 11.5 Å². The molecule has 1 amide bonds. The van der Waals surface area contributed by atoms with E-state index in [-0.39, 0.29) is 17.4 Å². The first-order chi connectivity index (χ1) is 12.1. The van der Waals surface area contributed by atoms with Gasteiger partial charge in [0.2, 0.25) is 11.6 Å². The van der Waals surface area contributed by atoms with Crippen LogP contribution in [0.3, 0.4) is 0 Å². The molecule has 0 saturated heterocycles. The van der Waals surface area contributed by atoms with Crippen molar-refractivity contribution in [2.24, 2.45) is 5.73 Å². The van der Waals surface area contributed by atoms with E-state index in [2.05, 4.69) is 15.9 Å². The van der Waals surface area contributed by atoms with Gasteiger partial charge in [0.25, 0.3) is 0 Å². The third kappa shape index (κ3) is 3.28. The number of rotatable bonds is 5. The Bertz CT molecular complexity index is 910. The first kappa shape index (κ1) is 16.8. The Morgan fingerprint density at radius 2 is 2.08 bits per heavy atom. The Kier molecular flexibility index (Phi) is 4.60. The van der Waals surface area contributed by atoms with Crippen molar-refractivity contribution in [1.29, 1.82) is 5.26 Å². The summed E-state index contributed by atoms with van der Waals surface area (Å²) in [4.78, 5) is 19.6. The molecule has 4 N–H and O–H groups in total. The number of nitrogen functional groups attached to an aromatic ring is 1. The average molecular weight is 349 g/mol. The molecule has 0 bridgehead atoms. The second-order valence-corrected chi connectivity index (χ2v) is 6.84. The van der Waals surface area contributed by atoms with Gasteiger partial charge in [-0.2, -0.15) is 5.26 Å². The Morgan fingerprint density at radius 1 is 1.40 bits per heavy atom. The number of nitriles is 1. The molecule has 1 atom stereocenters. The number of aromatic nitrogens is 1. The van der Waals surface area contributed by atoms with Gasteiger partial charge in [-0.1, -0.05) is 42.1 Å². The summed E-state index contributed by atoms with van der Waals surface area (Å²) in [7, 11) is 0. The molecule has 0 radical (unpaired) electrons. The molecule has 1 fully saturated rings. The topological polar surface area (TPSA) is 110 Å². The molecule has 1 heterocycles. The molecule has 1 aliphatic carbocycles. The first-order valence-corrected chi connectivity index (χ1v) is 8.56. The van der Waals surface area contributed by atoms with Gasteiger partial charge in [-0.3, -0.25) is 4.79 Å². The highest BCUT2D eigenvalue weighted by Crippen LogP contribution is 2.50. The molecule has 7 heteroatoms. The lowest BCUT2D eigenvalue weighted by Gasteiger charge is -2.16. The summed E-state index contributed by atoms with van der Waals surface area (Å²) >= 11 is 1.10. The largest absolute Gasteiger partial charge is 0.392 e. The number of hydrogen-bond acceptors (Lipinski definition) is 5. The molecule has 2 aromatic rings. The Morgan fingerprint density at radius 3 is 2.60 bits per heavy atom. The van der Waals surface area contributed by atoms with Gasteiger partial charge < -0.3 is 11.5 Å². The van der Waals surface area contributed by atoms with Crippen LogP contribution in [0.15, 0.2) is 35.4 Å². The van der Waals surface area contributed by atoms with Gasteiger partial charge in [0.1, 0.15) is 22.2 Å². The quantitative estimate of drug-likeness (QED) is 0.636. The SMILES string of the molecule is [C-]#[N+]c1c(N)nc(SC(C(N)=O)c2ccccc2)c(C#N)c1C1CC1. The Balaban J connectivity index is 2.09. The van der Waals surface area contributed by atoms with Crippen molar-refractivity contribution in [3.8, 4) is 6.07 Å². The zero-order valence-electron chi connectivity index (χ0n) is 13.3. The zero-order valence-corrected chi connectivity index (χ0v) is 14.1. The summed E-state index contributed by atoms with van der Waals surface area (Å²) in [5.41, 5.74) is 13.5. The van der Waals surface area contributed by atoms with Crippen LogP contribution in [-0.4, -0.2) is 10.9 Å². The molecule has 0 aliphatic heterocycles. The number of pyridine rings is 1. The van der Waals surface area contributed by atoms with Gasteiger partial charge >= 0.3 is 0 Å². The lowest BCUT2D eigenvalue weighted by Crippen LogP contribution is -2.19. The van der Waals surface area contributed by atoms with Crippen molar-refractivity contribution in [2.75, 3.05) is 5.73 Å². The molecule has 0 spiro atoms. The minimum atomic E-state index is -0.689. The number of hydrogen-bond donors (Lipinski definition) is 2. The Labute approximate surface area is 149 Å². The highest BCUT2D eigenvalue weighted by Gasteiger charge is 2.33. The van der Waals surface area contributed by atoms with Gasteiger partial charge in [-0.05, 0) is 29.9 Å². The summed E-state index contributed by atoms with van der Waals surface area (Å²) in [5, 5.41) is 9.31. The standard InChI is InChI=1S/C18H15N5OS/c1-22-14-13(10-7-8-10)12(9-19)18(23-16(14)20)25-15(17(21)24)11-5-3-2-4-6-11/h2-6,10,15H,7-8H2,(H2,20,23)(H2,21,24). The number of thioether (sulfide) groups is 1. The van der Waals surface area contributed by atoms with Crippen LogP contribution in [-0.2, 0) is 4.79 Å². The molecule has 1 aromatic carbocycles. The van der Waals surface area contributed by atoms with Gasteiger partial charge in [0, 0.05) is 0 Å². The summed E-state index contributed by atoms with van der Waals surface area (Å²) < 4.78 is 0. The number of carbonyl (C=O) groups excluding carboxylic acids is 1. The van der Waals surface area contributed by atoms with Crippen LogP contribution in [0.2, 0.25) is 0 Å². The minimum Gasteiger partial charge on any atom is -0.392 e. The third-order valence-corrected chi connectivity index (χ3v) is 5.26. The molecule has 3 rings (SSSR count). The maximum Gasteiger partial charge on any atom is 0.235 e. The van der Waals surface area contributed by atoms with E-state index in [1.165, 1.54) is 0 Å². The van der Waals surface area contributed by atoms with E-state index in [9.17, 15) is 10.1 Å². The number of anilines is 1. The smallest absolute Gasteiger partial charge is 0.235 e. The van der Waals surface area contributed by atoms with Gasteiger partial charge in [-0.25, -0.2) is 9.83 Å². The average Bonchev–Trinajstić information content (AvgIpc) is 3.44. The fraction of sp³-hybridized carbons (Fsp3) is 0.222. The van der Waals surface area contributed by atoms with Gasteiger partial charge in [0.05, 0.1) is 12.1 Å². The maximum atomic E-state index is 12.0. The lowest BCUT2D eigenvalue weighted by molar-refractivity contribution is -0.117. The van der Waals surface area contributed by atoms with Crippen molar-refractivity contribution >= 4 is 29.2 Å². The third-order valence-electron chi connectivity index (χ3n) is 4.00. The molecule has 1 saturated carbocycles. The molecule has 1 aromatic heterocycles. The predicted molar refractivity (Wildman–Crippen MR) is 95.8 cm³/mol. The van der Waals surface area contributed by atoms with Crippen LogP contribution in [0.1, 0.15) is 40.7 Å². The predicted octanol–water partition coefficient (Wildman–Crippen LogP) is 3.28. The molecule has 6 nitrogen and oxygen atoms in total. The van der Waals surface area contributed by atoms with Gasteiger partial charge in [-0.15, -0.1) is 0 Å². The van der Waals surface area contributed by atoms with E-state index >= 15 is 0 Å². The summed E-state index contributed by atoms with van der Waals surface area (Å²) in [6, 6.07) is 11.2. The van der Waals surface area contributed by atoms with Crippen molar-refractivity contribution in [3.63, 3.8) is 0 Å². The van der Waals surface area contributed by atoms with Crippen molar-refractivity contribution in [2.45, 2.75) is 29.0 Å². The summed E-state index contributed by atoms with van der Waals surface area (Å²) in [6.07, 6.45) is 1.84. The number of amides is 1. The highest BCUT2D eigenvalue weighted by molar-refractivity contribution is 8.00. The maximum absolute atomic E-state index is 12.0. The van der Waals surface area contributed by atoms with E-state index in [0.717, 1.165) is 30.2 Å². The number of nitrogens with zero attached hydrogens (tertiary/aromatic N) is 3. The van der Waals surface area contributed by atoms with Crippen molar-refractivity contribution in [3.05, 3.63) is 58.4 Å². The number of carbonyl (C=O) groups is 1. The van der Waals surface area contributed by atoms with Crippen LogP contribution in [0.25, 0.3) is 4.85 Å². The highest BCUT2D eigenvalue weighted by atomic mass is 32.2. The van der Waals surface area contributed by atoms with E-state index in [4.69, 9.17) is 18.0 Å². The van der Waals surface area contributed by atoms with Gasteiger partial charge in [0.15, 0.2) is 0 Å². The van der Waals surface area contributed by atoms with E-state index in [0.29, 0.717) is 16.2 Å². The normalized spacial score (nSPS) is 14.3.